The summed E-state index contributed by atoms with van der Waals surface area (Å²) in [7, 11) is 0. The van der Waals surface area contributed by atoms with Gasteiger partial charge in [0.25, 0.3) is 0 Å². The fourth-order valence-corrected chi connectivity index (χ4v) is 2.37. The van der Waals surface area contributed by atoms with Crippen LogP contribution in [-0.4, -0.2) is 19.5 Å². The van der Waals surface area contributed by atoms with E-state index in [9.17, 15) is 0 Å². The van der Waals surface area contributed by atoms with Crippen molar-refractivity contribution in [2.24, 2.45) is 0 Å². The Morgan fingerprint density at radius 3 is 2.40 bits per heavy atom. The first-order chi connectivity index (χ1) is 9.93. The van der Waals surface area contributed by atoms with E-state index in [0.717, 1.165) is 38.9 Å². The van der Waals surface area contributed by atoms with Crippen LogP contribution in [0.4, 0.5) is 0 Å². The summed E-state index contributed by atoms with van der Waals surface area (Å²) in [6.07, 6.45) is 14.6. The average molecular weight is 280 g/mol. The van der Waals surface area contributed by atoms with Crippen molar-refractivity contribution in [1.82, 2.24) is 0 Å². The molecule has 0 aromatic carbocycles. The minimum absolute atomic E-state index is 0.0812. The quantitative estimate of drug-likeness (QED) is 0.411. The lowest BCUT2D eigenvalue weighted by Gasteiger charge is -2.22. The minimum atomic E-state index is 0.0812. The number of hydrogen-bond acceptors (Lipinski definition) is 2. The summed E-state index contributed by atoms with van der Waals surface area (Å²) >= 11 is 0. The first kappa shape index (κ1) is 17.5. The van der Waals surface area contributed by atoms with Crippen LogP contribution >= 0.6 is 0 Å². The molecule has 0 amide bonds. The summed E-state index contributed by atoms with van der Waals surface area (Å²) in [6, 6.07) is 0. The fraction of sp³-hybridized carbons (Fsp3) is 0.889. The third-order valence-corrected chi connectivity index (χ3v) is 3.67. The standard InChI is InChI=1S/C18H32O2/c1-2-3-4-5-6-7-8-9-10-11-13-16-19-18-15-12-14-17-20-18/h18H,2-5,8-17H2,1H3. The van der Waals surface area contributed by atoms with E-state index in [0.29, 0.717) is 0 Å². The molecule has 2 heteroatoms. The summed E-state index contributed by atoms with van der Waals surface area (Å²) in [6.45, 7) is 3.96. The van der Waals surface area contributed by atoms with E-state index in [4.69, 9.17) is 9.47 Å². The smallest absolute Gasteiger partial charge is 0.157 e. The third-order valence-electron chi connectivity index (χ3n) is 3.67. The minimum Gasteiger partial charge on any atom is -0.353 e. The van der Waals surface area contributed by atoms with Crippen molar-refractivity contribution in [2.75, 3.05) is 13.2 Å². The summed E-state index contributed by atoms with van der Waals surface area (Å²) in [5, 5.41) is 0. The maximum Gasteiger partial charge on any atom is 0.157 e. The Balaban J connectivity index is 1.78. The molecule has 0 spiro atoms. The van der Waals surface area contributed by atoms with Gasteiger partial charge in [0.15, 0.2) is 6.29 Å². The van der Waals surface area contributed by atoms with Gasteiger partial charge in [0.1, 0.15) is 0 Å². The van der Waals surface area contributed by atoms with E-state index in [-0.39, 0.29) is 6.29 Å². The highest BCUT2D eigenvalue weighted by Gasteiger charge is 2.12. The van der Waals surface area contributed by atoms with Crippen molar-refractivity contribution in [3.8, 4) is 11.8 Å². The van der Waals surface area contributed by atoms with Crippen LogP contribution in [0.3, 0.4) is 0 Å². The van der Waals surface area contributed by atoms with Crippen LogP contribution in [-0.2, 0) is 9.47 Å². The van der Waals surface area contributed by atoms with Gasteiger partial charge in [-0.05, 0) is 38.5 Å². The molecule has 0 N–H and O–H groups in total. The van der Waals surface area contributed by atoms with Gasteiger partial charge in [-0.1, -0.05) is 32.6 Å². The summed E-state index contributed by atoms with van der Waals surface area (Å²) in [5.41, 5.74) is 0. The van der Waals surface area contributed by atoms with Crippen molar-refractivity contribution in [1.29, 1.82) is 0 Å². The summed E-state index contributed by atoms with van der Waals surface area (Å²) in [4.78, 5) is 0. The molecule has 1 fully saturated rings. The predicted octanol–water partition coefficient (Wildman–Crippen LogP) is 5.06. The van der Waals surface area contributed by atoms with Crippen molar-refractivity contribution < 1.29 is 9.47 Å². The summed E-state index contributed by atoms with van der Waals surface area (Å²) < 4.78 is 11.3. The molecule has 1 aliphatic rings. The van der Waals surface area contributed by atoms with E-state index < -0.39 is 0 Å². The lowest BCUT2D eigenvalue weighted by molar-refractivity contribution is -0.162. The van der Waals surface area contributed by atoms with Crippen molar-refractivity contribution in [3.05, 3.63) is 0 Å². The van der Waals surface area contributed by atoms with Gasteiger partial charge in [0.05, 0.1) is 0 Å². The molecule has 1 heterocycles. The van der Waals surface area contributed by atoms with Crippen LogP contribution in [0.15, 0.2) is 0 Å². The van der Waals surface area contributed by atoms with Crippen molar-refractivity contribution in [2.45, 2.75) is 90.3 Å². The maximum absolute atomic E-state index is 5.72. The molecule has 0 bridgehead atoms. The molecule has 116 valence electrons. The molecular formula is C18H32O2. The number of ether oxygens (including phenoxy) is 2. The van der Waals surface area contributed by atoms with Gasteiger partial charge >= 0.3 is 0 Å². The molecule has 1 atom stereocenters. The van der Waals surface area contributed by atoms with Crippen LogP contribution in [0.2, 0.25) is 0 Å². The number of rotatable bonds is 10. The first-order valence-corrected chi connectivity index (χ1v) is 8.62. The molecule has 1 aliphatic heterocycles. The highest BCUT2D eigenvalue weighted by Crippen LogP contribution is 2.14. The van der Waals surface area contributed by atoms with Gasteiger partial charge in [0, 0.05) is 26.1 Å². The molecule has 0 aromatic rings. The topological polar surface area (TPSA) is 18.5 Å². The van der Waals surface area contributed by atoms with Gasteiger partial charge in [-0.15, -0.1) is 11.8 Å². The lowest BCUT2D eigenvalue weighted by Crippen LogP contribution is -2.22. The Labute approximate surface area is 125 Å². The van der Waals surface area contributed by atoms with Gasteiger partial charge in [-0.2, -0.15) is 0 Å². The molecule has 0 radical (unpaired) electrons. The zero-order valence-corrected chi connectivity index (χ0v) is 13.3. The zero-order chi connectivity index (χ0) is 14.3. The fourth-order valence-electron chi connectivity index (χ4n) is 2.37. The molecule has 2 nitrogen and oxygen atoms in total. The third kappa shape index (κ3) is 10.3. The molecule has 1 unspecified atom stereocenters. The number of unbranched alkanes of at least 4 members (excludes halogenated alkanes) is 7. The second kappa shape index (κ2) is 13.5. The van der Waals surface area contributed by atoms with Crippen LogP contribution in [0.25, 0.3) is 0 Å². The van der Waals surface area contributed by atoms with Crippen LogP contribution in [0.1, 0.15) is 84.0 Å². The summed E-state index contributed by atoms with van der Waals surface area (Å²) in [5.74, 6) is 6.56. The molecule has 0 aromatic heterocycles. The Morgan fingerprint density at radius 2 is 1.70 bits per heavy atom. The van der Waals surface area contributed by atoms with E-state index in [2.05, 4.69) is 18.8 Å². The maximum atomic E-state index is 5.72. The van der Waals surface area contributed by atoms with Gasteiger partial charge in [0.2, 0.25) is 0 Å². The van der Waals surface area contributed by atoms with E-state index in [1.165, 1.54) is 51.4 Å². The molecule has 0 aliphatic carbocycles. The lowest BCUT2D eigenvalue weighted by atomic mass is 10.1. The molecule has 1 saturated heterocycles. The van der Waals surface area contributed by atoms with Gasteiger partial charge in [-0.3, -0.25) is 0 Å². The van der Waals surface area contributed by atoms with E-state index >= 15 is 0 Å². The molecule has 20 heavy (non-hydrogen) atoms. The molecule has 0 saturated carbocycles. The van der Waals surface area contributed by atoms with Gasteiger partial charge < -0.3 is 9.47 Å². The van der Waals surface area contributed by atoms with Crippen LogP contribution in [0.5, 0.6) is 0 Å². The van der Waals surface area contributed by atoms with Crippen LogP contribution < -0.4 is 0 Å². The number of hydrogen-bond donors (Lipinski definition) is 0. The Morgan fingerprint density at radius 1 is 0.950 bits per heavy atom. The Hall–Kier alpha value is -0.520. The zero-order valence-electron chi connectivity index (χ0n) is 13.3. The molecular weight excluding hydrogens is 248 g/mol. The van der Waals surface area contributed by atoms with Crippen molar-refractivity contribution in [3.63, 3.8) is 0 Å². The largest absolute Gasteiger partial charge is 0.353 e. The molecule has 1 rings (SSSR count). The second-order valence-corrected chi connectivity index (χ2v) is 5.64. The average Bonchev–Trinajstić information content (AvgIpc) is 2.49. The first-order valence-electron chi connectivity index (χ1n) is 8.62. The van der Waals surface area contributed by atoms with Crippen LogP contribution in [0, 0.1) is 11.8 Å². The highest BCUT2D eigenvalue weighted by molar-refractivity contribution is 4.98. The van der Waals surface area contributed by atoms with E-state index in [1.807, 2.05) is 0 Å². The monoisotopic (exact) mass is 280 g/mol. The highest BCUT2D eigenvalue weighted by atomic mass is 16.7. The SMILES string of the molecule is CCCCCC#CCCCCCCOC1CCCCO1. The van der Waals surface area contributed by atoms with Gasteiger partial charge in [-0.25, -0.2) is 0 Å². The van der Waals surface area contributed by atoms with E-state index in [1.54, 1.807) is 0 Å². The predicted molar refractivity (Wildman–Crippen MR) is 84.5 cm³/mol. The normalized spacial score (nSPS) is 18.6. The Bertz CT molecular complexity index is 258. The Kier molecular flexibility index (Phi) is 11.8. The van der Waals surface area contributed by atoms with Crippen molar-refractivity contribution >= 4 is 0 Å². The second-order valence-electron chi connectivity index (χ2n) is 5.64.